The van der Waals surface area contributed by atoms with Crippen molar-refractivity contribution in [2.45, 2.75) is 33.7 Å². The van der Waals surface area contributed by atoms with E-state index in [1.54, 1.807) is 12.1 Å². The number of benzene rings is 2. The Labute approximate surface area is 159 Å². The van der Waals surface area contributed by atoms with E-state index < -0.39 is 5.91 Å². The monoisotopic (exact) mass is 357 g/mol. The number of aromatic nitrogens is 1. The quantitative estimate of drug-likeness (QED) is 0.737. The van der Waals surface area contributed by atoms with Gasteiger partial charge in [0.2, 0.25) is 0 Å². The van der Waals surface area contributed by atoms with Crippen LogP contribution < -0.4 is 5.73 Å². The van der Waals surface area contributed by atoms with Crippen LogP contribution in [0.5, 0.6) is 0 Å². The molecule has 1 heterocycles. The van der Waals surface area contributed by atoms with Crippen molar-refractivity contribution in [3.05, 3.63) is 82.2 Å². The lowest BCUT2D eigenvalue weighted by Crippen LogP contribution is -2.13. The molecule has 0 spiro atoms. The Morgan fingerprint density at radius 1 is 1.15 bits per heavy atom. The molecule has 0 aliphatic heterocycles. The minimum Gasteiger partial charge on any atom is -0.366 e. The number of primary amides is 1. The molecule has 4 nitrogen and oxygen atoms in total. The van der Waals surface area contributed by atoms with Gasteiger partial charge in [-0.3, -0.25) is 4.79 Å². The first-order chi connectivity index (χ1) is 13.0. The SMILES string of the molecule is CCc1c(-c2ccc(C#N)cc2)c(C(N)=O)c(C)n1Cc1cccc(C)c1. The van der Waals surface area contributed by atoms with Crippen molar-refractivity contribution >= 4 is 5.91 Å². The number of rotatable bonds is 5. The molecule has 0 bridgehead atoms. The van der Waals surface area contributed by atoms with E-state index in [0.29, 0.717) is 17.7 Å². The zero-order chi connectivity index (χ0) is 19.6. The summed E-state index contributed by atoms with van der Waals surface area (Å²) < 4.78 is 2.18. The molecule has 1 amide bonds. The summed E-state index contributed by atoms with van der Waals surface area (Å²) in [6, 6.07) is 17.8. The molecule has 0 saturated carbocycles. The molecule has 2 N–H and O–H groups in total. The van der Waals surface area contributed by atoms with Crippen molar-refractivity contribution < 1.29 is 4.79 Å². The molecule has 0 unspecified atom stereocenters. The zero-order valence-corrected chi connectivity index (χ0v) is 15.9. The Morgan fingerprint density at radius 3 is 2.41 bits per heavy atom. The van der Waals surface area contributed by atoms with Gasteiger partial charge in [-0.25, -0.2) is 0 Å². The van der Waals surface area contributed by atoms with Gasteiger partial charge in [-0.1, -0.05) is 48.9 Å². The average molecular weight is 357 g/mol. The topological polar surface area (TPSA) is 71.8 Å². The third kappa shape index (κ3) is 3.50. The van der Waals surface area contributed by atoms with Crippen LogP contribution >= 0.6 is 0 Å². The fourth-order valence-corrected chi connectivity index (χ4v) is 3.70. The first kappa shape index (κ1) is 18.5. The summed E-state index contributed by atoms with van der Waals surface area (Å²) in [6.07, 6.45) is 0.773. The molecular weight excluding hydrogens is 334 g/mol. The smallest absolute Gasteiger partial charge is 0.251 e. The lowest BCUT2D eigenvalue weighted by Gasteiger charge is -2.12. The van der Waals surface area contributed by atoms with E-state index in [-0.39, 0.29) is 0 Å². The summed E-state index contributed by atoms with van der Waals surface area (Å²) in [7, 11) is 0. The summed E-state index contributed by atoms with van der Waals surface area (Å²) in [6.45, 7) is 6.79. The van der Waals surface area contributed by atoms with Crippen LogP contribution in [-0.4, -0.2) is 10.5 Å². The second-order valence-electron chi connectivity index (χ2n) is 6.76. The van der Waals surface area contributed by atoms with Crippen molar-refractivity contribution in [2.75, 3.05) is 0 Å². The Morgan fingerprint density at radius 2 is 1.85 bits per heavy atom. The van der Waals surface area contributed by atoms with E-state index >= 15 is 0 Å². The van der Waals surface area contributed by atoms with Crippen LogP contribution in [0.15, 0.2) is 48.5 Å². The van der Waals surface area contributed by atoms with Gasteiger partial charge < -0.3 is 10.3 Å². The predicted octanol–water partition coefficient (Wildman–Crippen LogP) is 4.35. The van der Waals surface area contributed by atoms with Crippen LogP contribution in [0, 0.1) is 25.2 Å². The molecule has 0 saturated heterocycles. The van der Waals surface area contributed by atoms with Crippen molar-refractivity contribution in [3.63, 3.8) is 0 Å². The van der Waals surface area contributed by atoms with Crippen LogP contribution in [0.25, 0.3) is 11.1 Å². The summed E-state index contributed by atoms with van der Waals surface area (Å²) in [5.41, 5.74) is 13.0. The molecule has 4 heteroatoms. The maximum Gasteiger partial charge on any atom is 0.251 e. The number of nitriles is 1. The highest BCUT2D eigenvalue weighted by Crippen LogP contribution is 2.34. The lowest BCUT2D eigenvalue weighted by molar-refractivity contribution is 0.1000. The van der Waals surface area contributed by atoms with Crippen LogP contribution in [-0.2, 0) is 13.0 Å². The number of aryl methyl sites for hydroxylation is 1. The number of carbonyl (C=O) groups excluding carboxylic acids is 1. The van der Waals surface area contributed by atoms with Crippen molar-refractivity contribution in [3.8, 4) is 17.2 Å². The Balaban J connectivity index is 2.20. The Bertz CT molecular complexity index is 1040. The fourth-order valence-electron chi connectivity index (χ4n) is 3.70. The van der Waals surface area contributed by atoms with Crippen LogP contribution in [0.4, 0.5) is 0 Å². The van der Waals surface area contributed by atoms with Gasteiger partial charge in [0.1, 0.15) is 0 Å². The second-order valence-corrected chi connectivity index (χ2v) is 6.76. The molecule has 2 aromatic carbocycles. The van der Waals surface area contributed by atoms with Gasteiger partial charge in [0.05, 0.1) is 17.2 Å². The number of carbonyl (C=O) groups is 1. The first-order valence-corrected chi connectivity index (χ1v) is 9.04. The molecule has 3 rings (SSSR count). The normalized spacial score (nSPS) is 10.6. The zero-order valence-electron chi connectivity index (χ0n) is 15.9. The molecule has 0 radical (unpaired) electrons. The van der Waals surface area contributed by atoms with Crippen molar-refractivity contribution in [1.29, 1.82) is 5.26 Å². The number of nitrogens with two attached hydrogens (primary N) is 1. The number of hydrogen-bond donors (Lipinski definition) is 1. The summed E-state index contributed by atoms with van der Waals surface area (Å²) in [5.74, 6) is -0.426. The van der Waals surface area contributed by atoms with Crippen LogP contribution in [0.1, 0.15) is 45.4 Å². The largest absolute Gasteiger partial charge is 0.366 e. The molecule has 27 heavy (non-hydrogen) atoms. The predicted molar refractivity (Wildman–Crippen MR) is 107 cm³/mol. The minimum atomic E-state index is -0.426. The van der Waals surface area contributed by atoms with Gasteiger partial charge in [0.25, 0.3) is 5.91 Å². The molecule has 0 aliphatic rings. The van der Waals surface area contributed by atoms with E-state index in [0.717, 1.165) is 28.9 Å². The fraction of sp³-hybridized carbons (Fsp3) is 0.217. The maximum absolute atomic E-state index is 12.3. The maximum atomic E-state index is 12.3. The molecular formula is C23H23N3O. The second kappa shape index (κ2) is 7.51. The Hall–Kier alpha value is -3.32. The van der Waals surface area contributed by atoms with E-state index in [2.05, 4.69) is 42.7 Å². The molecule has 0 atom stereocenters. The van der Waals surface area contributed by atoms with Crippen LogP contribution in [0.3, 0.4) is 0 Å². The molecule has 1 aromatic heterocycles. The van der Waals surface area contributed by atoms with Gasteiger partial charge in [-0.05, 0) is 43.5 Å². The molecule has 0 fully saturated rings. The highest BCUT2D eigenvalue weighted by Gasteiger charge is 2.24. The summed E-state index contributed by atoms with van der Waals surface area (Å²) in [4.78, 5) is 12.3. The summed E-state index contributed by atoms with van der Waals surface area (Å²) in [5, 5.41) is 9.05. The third-order valence-corrected chi connectivity index (χ3v) is 4.94. The minimum absolute atomic E-state index is 0.426. The van der Waals surface area contributed by atoms with Crippen molar-refractivity contribution in [2.24, 2.45) is 5.73 Å². The lowest BCUT2D eigenvalue weighted by atomic mass is 9.98. The summed E-state index contributed by atoms with van der Waals surface area (Å²) >= 11 is 0. The molecule has 0 aliphatic carbocycles. The number of amides is 1. The average Bonchev–Trinajstić information content (AvgIpc) is 2.94. The molecule has 136 valence electrons. The van der Waals surface area contributed by atoms with E-state index in [1.807, 2.05) is 25.1 Å². The number of hydrogen-bond acceptors (Lipinski definition) is 2. The van der Waals surface area contributed by atoms with Gasteiger partial charge in [-0.2, -0.15) is 5.26 Å². The third-order valence-electron chi connectivity index (χ3n) is 4.94. The number of nitrogens with zero attached hydrogens (tertiary/aromatic N) is 2. The van der Waals surface area contributed by atoms with E-state index in [4.69, 9.17) is 11.0 Å². The highest BCUT2D eigenvalue weighted by molar-refractivity contribution is 6.02. The standard InChI is InChI=1S/C23H23N3O/c1-4-20-22(19-10-8-17(13-24)9-11-19)21(23(25)27)16(3)26(20)14-18-7-5-6-15(2)12-18/h5-12H,4,14H2,1-3H3,(H2,25,27). The van der Waals surface area contributed by atoms with Gasteiger partial charge in [0, 0.05) is 23.5 Å². The van der Waals surface area contributed by atoms with Gasteiger partial charge in [0.15, 0.2) is 0 Å². The van der Waals surface area contributed by atoms with Crippen LogP contribution in [0.2, 0.25) is 0 Å². The van der Waals surface area contributed by atoms with Crippen molar-refractivity contribution in [1.82, 2.24) is 4.57 Å². The van der Waals surface area contributed by atoms with Gasteiger partial charge in [-0.15, -0.1) is 0 Å². The van der Waals surface area contributed by atoms with Gasteiger partial charge >= 0.3 is 0 Å². The first-order valence-electron chi connectivity index (χ1n) is 9.04. The van der Waals surface area contributed by atoms with E-state index in [9.17, 15) is 4.79 Å². The molecule has 3 aromatic rings. The van der Waals surface area contributed by atoms with E-state index in [1.165, 1.54) is 11.1 Å². The Kier molecular flexibility index (Phi) is 5.14. The highest BCUT2D eigenvalue weighted by atomic mass is 16.1.